The van der Waals surface area contributed by atoms with Gasteiger partial charge in [-0.1, -0.05) is 65.5 Å². The topological polar surface area (TPSA) is 129 Å². The summed E-state index contributed by atoms with van der Waals surface area (Å²) in [7, 11) is 0. The van der Waals surface area contributed by atoms with Crippen LogP contribution < -0.4 is 15.5 Å². The van der Waals surface area contributed by atoms with Gasteiger partial charge in [0.2, 0.25) is 16.2 Å². The quantitative estimate of drug-likeness (QED) is 0.216. The van der Waals surface area contributed by atoms with Crippen molar-refractivity contribution in [1.82, 2.24) is 25.4 Å². The molecule has 4 aromatic rings. The zero-order valence-electron chi connectivity index (χ0n) is 22.6. The molecule has 1 saturated carbocycles. The summed E-state index contributed by atoms with van der Waals surface area (Å²) in [5, 5.41) is 36.3. The summed E-state index contributed by atoms with van der Waals surface area (Å²) in [5.74, 6) is -2.11. The average Bonchev–Trinajstić information content (AvgIpc) is 3.62. The number of pyridine rings is 1. The summed E-state index contributed by atoms with van der Waals surface area (Å²) in [6.07, 6.45) is 3.57. The lowest BCUT2D eigenvalue weighted by molar-refractivity contribution is -0.115. The predicted octanol–water partition coefficient (Wildman–Crippen LogP) is 4.84. The van der Waals surface area contributed by atoms with Gasteiger partial charge in [0.25, 0.3) is 5.92 Å². The standard InChI is InChI=1S/C28H30F2N8O2S2/c29-28(30)15-38(16-28)21-11-5-10-20(31-21)14-23(40)33-27-37-35-25(42-27)19-9-4-8-18(13-19)24-34-36-26(41-24)32-22(39)12-17-6-2-1-3-7-17/h1-3,5-7,10-11,18-19,22,39H,4,8-9,12-16H2,(H,32,36)(H,33,37,40)/t18-,19-,22?/m0/s1. The maximum atomic E-state index is 13.2. The molecule has 4 heterocycles. The molecule has 0 radical (unpaired) electrons. The number of carbonyl (C=O) groups is 1. The van der Waals surface area contributed by atoms with Gasteiger partial charge in [0.05, 0.1) is 25.2 Å². The molecular formula is C28H30F2N8O2S2. The van der Waals surface area contributed by atoms with Gasteiger partial charge < -0.3 is 20.6 Å². The molecule has 3 atom stereocenters. The van der Waals surface area contributed by atoms with Crippen molar-refractivity contribution in [2.45, 2.75) is 62.5 Å². The van der Waals surface area contributed by atoms with E-state index < -0.39 is 12.2 Å². The van der Waals surface area contributed by atoms with Gasteiger partial charge in [-0.2, -0.15) is 0 Å². The third-order valence-electron chi connectivity index (χ3n) is 7.36. The van der Waals surface area contributed by atoms with E-state index in [1.165, 1.54) is 27.6 Å². The third kappa shape index (κ3) is 7.05. The van der Waals surface area contributed by atoms with Crippen LogP contribution in [0.5, 0.6) is 0 Å². The summed E-state index contributed by atoms with van der Waals surface area (Å²) in [6, 6.07) is 14.9. The van der Waals surface area contributed by atoms with E-state index in [0.29, 0.717) is 28.2 Å². The number of carbonyl (C=O) groups excluding carboxylic acids is 1. The Morgan fingerprint density at radius 1 is 0.976 bits per heavy atom. The van der Waals surface area contributed by atoms with E-state index in [2.05, 4.69) is 36.0 Å². The molecule has 2 fully saturated rings. The fourth-order valence-corrected chi connectivity index (χ4v) is 7.16. The van der Waals surface area contributed by atoms with Gasteiger partial charge in [-0.25, -0.2) is 13.8 Å². The van der Waals surface area contributed by atoms with E-state index in [-0.39, 0.29) is 37.3 Å². The van der Waals surface area contributed by atoms with Gasteiger partial charge in [-0.3, -0.25) is 4.79 Å². The van der Waals surface area contributed by atoms with Crippen LogP contribution in [0.15, 0.2) is 48.5 Å². The van der Waals surface area contributed by atoms with Crippen LogP contribution >= 0.6 is 22.7 Å². The number of amides is 1. The van der Waals surface area contributed by atoms with Gasteiger partial charge in [0.1, 0.15) is 22.1 Å². The van der Waals surface area contributed by atoms with Gasteiger partial charge in [0.15, 0.2) is 0 Å². The highest BCUT2D eigenvalue weighted by molar-refractivity contribution is 7.15. The zero-order valence-corrected chi connectivity index (χ0v) is 24.3. The number of halogens is 2. The minimum atomic E-state index is -2.69. The number of nitrogens with zero attached hydrogens (tertiary/aromatic N) is 6. The molecular weight excluding hydrogens is 582 g/mol. The van der Waals surface area contributed by atoms with Crippen LogP contribution in [0.25, 0.3) is 0 Å². The Morgan fingerprint density at radius 3 is 2.38 bits per heavy atom. The molecule has 1 aliphatic heterocycles. The minimum Gasteiger partial charge on any atom is -0.373 e. The lowest BCUT2D eigenvalue weighted by atomic mass is 9.82. The highest BCUT2D eigenvalue weighted by Crippen LogP contribution is 2.43. The van der Waals surface area contributed by atoms with E-state index >= 15 is 0 Å². The van der Waals surface area contributed by atoms with E-state index in [1.54, 1.807) is 18.2 Å². The summed E-state index contributed by atoms with van der Waals surface area (Å²) >= 11 is 2.84. The molecule has 1 aliphatic carbocycles. The summed E-state index contributed by atoms with van der Waals surface area (Å²) < 4.78 is 26.4. The number of aliphatic hydroxyl groups excluding tert-OH is 1. The number of alkyl halides is 2. The van der Waals surface area contributed by atoms with Crippen LogP contribution in [0, 0.1) is 0 Å². The molecule has 2 aliphatic rings. The summed E-state index contributed by atoms with van der Waals surface area (Å²) in [4.78, 5) is 18.5. The van der Waals surface area contributed by atoms with Crippen molar-refractivity contribution in [3.8, 4) is 0 Å². The van der Waals surface area contributed by atoms with Gasteiger partial charge in [0, 0.05) is 18.3 Å². The van der Waals surface area contributed by atoms with Crippen LogP contribution in [-0.4, -0.2) is 61.6 Å². The normalized spacial score (nSPS) is 20.5. The zero-order chi connectivity index (χ0) is 29.1. The Balaban J connectivity index is 1.01. The van der Waals surface area contributed by atoms with E-state index in [4.69, 9.17) is 0 Å². The smallest absolute Gasteiger partial charge is 0.282 e. The van der Waals surface area contributed by atoms with Crippen LogP contribution in [-0.2, 0) is 17.6 Å². The first-order chi connectivity index (χ1) is 20.3. The Morgan fingerprint density at radius 2 is 1.67 bits per heavy atom. The van der Waals surface area contributed by atoms with Gasteiger partial charge in [-0.15, -0.1) is 20.4 Å². The van der Waals surface area contributed by atoms with Crippen LogP contribution in [0.1, 0.15) is 58.8 Å². The van der Waals surface area contributed by atoms with Crippen molar-refractivity contribution in [2.75, 3.05) is 28.6 Å². The number of nitrogens with one attached hydrogen (secondary N) is 2. The first-order valence-corrected chi connectivity index (χ1v) is 15.5. The number of benzene rings is 1. The fourth-order valence-electron chi connectivity index (χ4n) is 5.32. The van der Waals surface area contributed by atoms with Gasteiger partial charge >= 0.3 is 0 Å². The highest BCUT2D eigenvalue weighted by atomic mass is 32.1. The second kappa shape index (κ2) is 12.3. The molecule has 220 valence electrons. The fraction of sp³-hybridized carbons (Fsp3) is 0.429. The molecule has 0 spiro atoms. The number of hydrogen-bond acceptors (Lipinski definition) is 11. The van der Waals surface area contributed by atoms with Crippen LogP contribution in [0.4, 0.5) is 24.9 Å². The number of aromatic nitrogens is 5. The Labute approximate surface area is 249 Å². The largest absolute Gasteiger partial charge is 0.373 e. The summed E-state index contributed by atoms with van der Waals surface area (Å²) in [6.45, 7) is -0.722. The SMILES string of the molecule is O=C(Cc1cccc(N2CC(F)(F)C2)n1)Nc1nnc([C@H]2CCC[C@H](c3nnc(NC(O)Cc4ccccc4)s3)C2)s1. The predicted molar refractivity (Wildman–Crippen MR) is 157 cm³/mol. The molecule has 10 nitrogen and oxygen atoms in total. The molecule has 14 heteroatoms. The van der Waals surface area contributed by atoms with Gasteiger partial charge in [-0.05, 0) is 37.0 Å². The Bertz CT molecular complexity index is 1510. The monoisotopic (exact) mass is 612 g/mol. The number of anilines is 3. The van der Waals surface area contributed by atoms with Crippen molar-refractivity contribution in [1.29, 1.82) is 0 Å². The van der Waals surface area contributed by atoms with E-state index in [0.717, 1.165) is 41.3 Å². The number of aliphatic hydroxyl groups is 1. The lowest BCUT2D eigenvalue weighted by Crippen LogP contribution is -2.56. The summed E-state index contributed by atoms with van der Waals surface area (Å²) in [5.41, 5.74) is 1.53. The molecule has 3 N–H and O–H groups in total. The second-order valence-electron chi connectivity index (χ2n) is 10.7. The molecule has 1 unspecified atom stereocenters. The van der Waals surface area contributed by atoms with Crippen molar-refractivity contribution >= 4 is 44.7 Å². The second-order valence-corrected chi connectivity index (χ2v) is 12.7. The molecule has 1 amide bonds. The van der Waals surface area contributed by atoms with E-state index in [1.807, 2.05) is 30.3 Å². The van der Waals surface area contributed by atoms with Crippen molar-refractivity contribution in [3.05, 3.63) is 69.8 Å². The highest BCUT2D eigenvalue weighted by Gasteiger charge is 2.44. The van der Waals surface area contributed by atoms with Crippen molar-refractivity contribution in [3.63, 3.8) is 0 Å². The molecule has 3 aromatic heterocycles. The first kappa shape index (κ1) is 28.5. The Hall–Kier alpha value is -3.62. The molecule has 6 rings (SSSR count). The third-order valence-corrected chi connectivity index (χ3v) is 9.38. The maximum Gasteiger partial charge on any atom is 0.282 e. The number of rotatable bonds is 10. The number of hydrogen-bond donors (Lipinski definition) is 3. The molecule has 42 heavy (non-hydrogen) atoms. The molecule has 1 aromatic carbocycles. The first-order valence-electron chi connectivity index (χ1n) is 13.8. The van der Waals surface area contributed by atoms with Crippen molar-refractivity contribution < 1.29 is 18.7 Å². The molecule has 1 saturated heterocycles. The van der Waals surface area contributed by atoms with Crippen LogP contribution in [0.3, 0.4) is 0 Å². The van der Waals surface area contributed by atoms with Crippen LogP contribution in [0.2, 0.25) is 0 Å². The van der Waals surface area contributed by atoms with Crippen molar-refractivity contribution in [2.24, 2.45) is 0 Å². The van der Waals surface area contributed by atoms with E-state index in [9.17, 15) is 18.7 Å². The molecule has 0 bridgehead atoms. The lowest BCUT2D eigenvalue weighted by Gasteiger charge is -2.39. The maximum absolute atomic E-state index is 13.2. The average molecular weight is 613 g/mol. The minimum absolute atomic E-state index is 0.00590. The Kier molecular flexibility index (Phi) is 8.36.